The summed E-state index contributed by atoms with van der Waals surface area (Å²) in [6.07, 6.45) is 52.9. The standard InChI is InChI=1S/C71H139N3O8/c1-10-18-26-34-38-46-56-64(52-42-30-22-14-5)68(75)79-73(80-69(76)65(53-43-31-23-15-6)57-47-39-35-27-19-11-2)62-50-60-72(9)61-51-63-74(81-70(77)66(54-44-32-24-16-7)58-48-40-36-28-20-12-3)82-71(78)67(55-45-33-25-17-8)59-49-41-37-29-21-13-4/h64-67H,10-63H2,1-9H3. The molecular weight excluding hydrogens is 1020 g/mol. The Morgan fingerprint density at radius 2 is 0.390 bits per heavy atom. The van der Waals surface area contributed by atoms with Gasteiger partial charge in [-0.15, -0.1) is 0 Å². The van der Waals surface area contributed by atoms with Gasteiger partial charge in [-0.05, 0) is 84.3 Å². The molecule has 0 aliphatic rings. The second-order valence-electron chi connectivity index (χ2n) is 25.2. The summed E-state index contributed by atoms with van der Waals surface area (Å²) in [6, 6.07) is 0. The number of hydrogen-bond donors (Lipinski definition) is 0. The van der Waals surface area contributed by atoms with Crippen LogP contribution in [0.15, 0.2) is 0 Å². The maximum Gasteiger partial charge on any atom is 0.332 e. The van der Waals surface area contributed by atoms with E-state index >= 15 is 0 Å². The first kappa shape index (κ1) is 79.8. The average Bonchev–Trinajstić information content (AvgIpc) is 3.48. The van der Waals surface area contributed by atoms with Crippen LogP contribution in [0.3, 0.4) is 0 Å². The molecule has 0 aliphatic carbocycles. The first-order valence-electron chi connectivity index (χ1n) is 36.2. The van der Waals surface area contributed by atoms with E-state index in [0.717, 1.165) is 205 Å². The van der Waals surface area contributed by atoms with E-state index in [9.17, 15) is 19.2 Å². The Labute approximate surface area is 508 Å². The first-order valence-corrected chi connectivity index (χ1v) is 36.2. The van der Waals surface area contributed by atoms with E-state index < -0.39 is 0 Å². The molecule has 11 heteroatoms. The maximum absolute atomic E-state index is 14.2. The highest BCUT2D eigenvalue weighted by molar-refractivity contribution is 5.74. The molecule has 0 radical (unpaired) electrons. The van der Waals surface area contributed by atoms with Crippen LogP contribution in [-0.2, 0) is 38.5 Å². The highest BCUT2D eigenvalue weighted by Crippen LogP contribution is 2.27. The zero-order chi connectivity index (χ0) is 60.4. The van der Waals surface area contributed by atoms with E-state index in [1.165, 1.54) is 113 Å². The van der Waals surface area contributed by atoms with Gasteiger partial charge >= 0.3 is 23.9 Å². The molecule has 0 spiro atoms. The molecule has 0 N–H and O–H groups in total. The smallest absolute Gasteiger partial charge is 0.332 e. The molecule has 82 heavy (non-hydrogen) atoms. The van der Waals surface area contributed by atoms with Crippen LogP contribution < -0.4 is 0 Å². The van der Waals surface area contributed by atoms with Gasteiger partial charge in [0.2, 0.25) is 0 Å². The second kappa shape index (κ2) is 60.4. The second-order valence-corrected chi connectivity index (χ2v) is 25.2. The van der Waals surface area contributed by atoms with Crippen molar-refractivity contribution >= 4 is 23.9 Å². The summed E-state index contributed by atoms with van der Waals surface area (Å²) < 4.78 is 0. The van der Waals surface area contributed by atoms with Crippen LogP contribution in [0.5, 0.6) is 0 Å². The fraction of sp³-hybridized carbons (Fsp3) is 0.944. The van der Waals surface area contributed by atoms with Gasteiger partial charge in [-0.3, -0.25) is 0 Å². The Kier molecular flexibility index (Phi) is 58.8. The summed E-state index contributed by atoms with van der Waals surface area (Å²) in [5.41, 5.74) is 0. The Balaban J connectivity index is 6.50. The Morgan fingerprint density at radius 3 is 0.573 bits per heavy atom. The van der Waals surface area contributed by atoms with Gasteiger partial charge < -0.3 is 24.3 Å². The van der Waals surface area contributed by atoms with Gasteiger partial charge in [0.15, 0.2) is 0 Å². The molecule has 0 fully saturated rings. The number of carbonyl (C=O) groups excluding carboxylic acids is 4. The fourth-order valence-electron chi connectivity index (χ4n) is 11.4. The minimum Gasteiger partial charge on any atom is -0.333 e. The molecule has 0 saturated carbocycles. The summed E-state index contributed by atoms with van der Waals surface area (Å²) in [5, 5.41) is 2.49. The average molecular weight is 1160 g/mol. The van der Waals surface area contributed by atoms with E-state index in [1.54, 1.807) is 0 Å². The van der Waals surface area contributed by atoms with Crippen molar-refractivity contribution in [2.75, 3.05) is 33.2 Å². The molecule has 0 saturated heterocycles. The van der Waals surface area contributed by atoms with E-state index in [-0.39, 0.29) is 60.6 Å². The van der Waals surface area contributed by atoms with Gasteiger partial charge in [-0.2, -0.15) is 0 Å². The van der Waals surface area contributed by atoms with Crippen molar-refractivity contribution in [3.8, 4) is 0 Å². The summed E-state index contributed by atoms with van der Waals surface area (Å²) in [6.45, 7) is 19.6. The minimum absolute atomic E-state index is 0.232. The fourth-order valence-corrected chi connectivity index (χ4v) is 11.4. The number of unbranched alkanes of at least 4 members (excludes halogenated alkanes) is 32. The van der Waals surface area contributed by atoms with Crippen LogP contribution in [0, 0.1) is 23.7 Å². The summed E-state index contributed by atoms with van der Waals surface area (Å²) >= 11 is 0. The van der Waals surface area contributed by atoms with Crippen molar-refractivity contribution < 1.29 is 38.5 Å². The molecule has 0 heterocycles. The predicted octanol–water partition coefficient (Wildman–Crippen LogP) is 21.5. The molecule has 4 unspecified atom stereocenters. The molecule has 486 valence electrons. The lowest BCUT2D eigenvalue weighted by molar-refractivity contribution is -0.330. The van der Waals surface area contributed by atoms with E-state index in [1.807, 2.05) is 0 Å². The van der Waals surface area contributed by atoms with Crippen LogP contribution in [0.4, 0.5) is 0 Å². The van der Waals surface area contributed by atoms with E-state index in [2.05, 4.69) is 67.3 Å². The monoisotopic (exact) mass is 1160 g/mol. The predicted molar refractivity (Wildman–Crippen MR) is 345 cm³/mol. The van der Waals surface area contributed by atoms with Crippen molar-refractivity contribution in [1.82, 2.24) is 15.4 Å². The summed E-state index contributed by atoms with van der Waals surface area (Å²) in [4.78, 5) is 83.9. The van der Waals surface area contributed by atoms with Crippen molar-refractivity contribution in [3.05, 3.63) is 0 Å². The van der Waals surface area contributed by atoms with Gasteiger partial charge in [0, 0.05) is 10.5 Å². The molecule has 0 aromatic rings. The molecule has 4 atom stereocenters. The van der Waals surface area contributed by atoms with Crippen molar-refractivity contribution in [1.29, 1.82) is 0 Å². The molecule has 0 rings (SSSR count). The third-order valence-electron chi connectivity index (χ3n) is 17.1. The van der Waals surface area contributed by atoms with Gasteiger partial charge in [-0.1, -0.05) is 312 Å². The summed E-state index contributed by atoms with van der Waals surface area (Å²) in [7, 11) is 2.06. The van der Waals surface area contributed by atoms with Crippen molar-refractivity contribution in [2.45, 2.75) is 376 Å². The minimum atomic E-state index is -0.281. The van der Waals surface area contributed by atoms with E-state index in [0.29, 0.717) is 25.9 Å². The third-order valence-corrected chi connectivity index (χ3v) is 17.1. The molecule has 0 aromatic heterocycles. The number of hydrogen-bond acceptors (Lipinski definition) is 11. The largest absolute Gasteiger partial charge is 0.333 e. The lowest BCUT2D eigenvalue weighted by Crippen LogP contribution is -2.38. The molecule has 0 aromatic carbocycles. The van der Waals surface area contributed by atoms with Crippen LogP contribution in [0.1, 0.15) is 376 Å². The molecule has 11 nitrogen and oxygen atoms in total. The van der Waals surface area contributed by atoms with Gasteiger partial charge in [0.05, 0.1) is 36.8 Å². The Bertz CT molecular complexity index is 1220. The van der Waals surface area contributed by atoms with Crippen molar-refractivity contribution in [2.24, 2.45) is 23.7 Å². The van der Waals surface area contributed by atoms with Crippen molar-refractivity contribution in [3.63, 3.8) is 0 Å². The number of carbonyl (C=O) groups is 4. The molecule has 0 amide bonds. The van der Waals surface area contributed by atoms with Crippen LogP contribution in [0.2, 0.25) is 0 Å². The van der Waals surface area contributed by atoms with Crippen LogP contribution in [-0.4, -0.2) is 72.5 Å². The zero-order valence-corrected chi connectivity index (χ0v) is 56.1. The topological polar surface area (TPSA) is 115 Å². The Hall–Kier alpha value is -2.24. The van der Waals surface area contributed by atoms with Gasteiger partial charge in [-0.25, -0.2) is 19.2 Å². The number of nitrogens with zero attached hydrogens (tertiary/aromatic N) is 3. The third kappa shape index (κ3) is 47.9. The normalized spacial score (nSPS) is 13.2. The highest BCUT2D eigenvalue weighted by Gasteiger charge is 2.30. The molecule has 0 bridgehead atoms. The number of rotatable bonds is 64. The lowest BCUT2D eigenvalue weighted by Gasteiger charge is -2.26. The van der Waals surface area contributed by atoms with Crippen LogP contribution >= 0.6 is 0 Å². The molecular formula is C71H139N3O8. The quantitative estimate of drug-likeness (QED) is 0.0428. The highest BCUT2D eigenvalue weighted by atomic mass is 17.0. The zero-order valence-electron chi connectivity index (χ0n) is 56.1. The SMILES string of the molecule is CCCCCCCCC(CCCCCC)C(=O)ON(CCCN(C)CCCN(OC(=O)C(CCCCCC)CCCCCCCC)OC(=O)C(CCCCCC)CCCCCCCC)OC(=O)C(CCCCCC)CCCCCCCC. The maximum atomic E-state index is 14.2. The Morgan fingerprint density at radius 1 is 0.232 bits per heavy atom. The number of hydroxylamine groups is 4. The van der Waals surface area contributed by atoms with Crippen LogP contribution in [0.25, 0.3) is 0 Å². The van der Waals surface area contributed by atoms with E-state index in [4.69, 9.17) is 19.4 Å². The lowest BCUT2D eigenvalue weighted by atomic mass is 9.94. The molecule has 0 aliphatic heterocycles. The first-order chi connectivity index (χ1) is 40.0. The van der Waals surface area contributed by atoms with Gasteiger partial charge in [0.1, 0.15) is 0 Å². The van der Waals surface area contributed by atoms with Gasteiger partial charge in [0.25, 0.3) is 0 Å². The summed E-state index contributed by atoms with van der Waals surface area (Å²) in [5.74, 6) is -2.05.